The van der Waals surface area contributed by atoms with Gasteiger partial charge in [0.2, 0.25) is 0 Å². The highest BCUT2D eigenvalue weighted by molar-refractivity contribution is 6.39. The van der Waals surface area contributed by atoms with Crippen LogP contribution in [0.1, 0.15) is 30.6 Å². The summed E-state index contributed by atoms with van der Waals surface area (Å²) in [7, 11) is 1.73. The molecule has 0 spiro atoms. The number of carbonyl (C=O) groups is 1. The molecule has 19 heavy (non-hydrogen) atoms. The molecule has 0 saturated heterocycles. The normalized spacial score (nSPS) is 12.6. The molecule has 2 N–H and O–H groups in total. The second-order valence-corrected chi connectivity index (χ2v) is 5.83. The van der Waals surface area contributed by atoms with Crippen molar-refractivity contribution >= 4 is 29.1 Å². The predicted octanol–water partition coefficient (Wildman–Crippen LogP) is 3.44. The molecule has 0 aromatic heterocycles. The first kappa shape index (κ1) is 16.3. The Labute approximate surface area is 124 Å². The maximum atomic E-state index is 12.3. The summed E-state index contributed by atoms with van der Waals surface area (Å²) < 4.78 is 0. The van der Waals surface area contributed by atoms with Crippen LogP contribution in [0.4, 0.5) is 0 Å². The van der Waals surface area contributed by atoms with Crippen LogP contribution in [0.2, 0.25) is 10.0 Å². The molecule has 3 nitrogen and oxygen atoms in total. The first-order valence-electron chi connectivity index (χ1n) is 6.29. The van der Waals surface area contributed by atoms with Crippen molar-refractivity contribution in [2.45, 2.75) is 26.3 Å². The Hall–Kier alpha value is -0.770. The number of halogens is 2. The van der Waals surface area contributed by atoms with Crippen molar-refractivity contribution in [2.75, 3.05) is 13.6 Å². The molecule has 0 radical (unpaired) electrons. The maximum Gasteiger partial charge on any atom is 0.256 e. The number of rotatable bonds is 5. The highest BCUT2D eigenvalue weighted by atomic mass is 35.5. The number of nitrogens with two attached hydrogens (primary N) is 1. The number of nitrogens with zero attached hydrogens (tertiary/aromatic N) is 1. The van der Waals surface area contributed by atoms with Crippen LogP contribution in [0, 0.1) is 5.92 Å². The minimum absolute atomic E-state index is 0.0805. The average Bonchev–Trinajstić information content (AvgIpc) is 2.34. The molecule has 1 atom stereocenters. The number of hydrogen-bond donors (Lipinski definition) is 1. The van der Waals surface area contributed by atoms with Gasteiger partial charge in [-0.3, -0.25) is 4.79 Å². The molecule has 1 rings (SSSR count). The summed E-state index contributed by atoms with van der Waals surface area (Å²) in [5.41, 5.74) is 6.33. The van der Waals surface area contributed by atoms with Crippen LogP contribution in [0.5, 0.6) is 0 Å². The van der Waals surface area contributed by atoms with Gasteiger partial charge in [0, 0.05) is 19.6 Å². The van der Waals surface area contributed by atoms with Gasteiger partial charge in [-0.2, -0.15) is 0 Å². The van der Waals surface area contributed by atoms with Gasteiger partial charge in [-0.1, -0.05) is 43.1 Å². The lowest BCUT2D eigenvalue weighted by atomic mass is 10.0. The lowest BCUT2D eigenvalue weighted by Gasteiger charge is -2.22. The molecule has 0 bridgehead atoms. The smallest absolute Gasteiger partial charge is 0.256 e. The first-order valence-corrected chi connectivity index (χ1v) is 7.05. The Balaban J connectivity index is 2.72. The van der Waals surface area contributed by atoms with Crippen molar-refractivity contribution in [3.8, 4) is 0 Å². The third kappa shape index (κ3) is 4.37. The van der Waals surface area contributed by atoms with Gasteiger partial charge in [-0.15, -0.1) is 0 Å². The Kier molecular flexibility index (Phi) is 6.11. The molecule has 0 heterocycles. The van der Waals surface area contributed by atoms with Crippen LogP contribution in [-0.2, 0) is 0 Å². The molecule has 0 aliphatic heterocycles. The minimum atomic E-state index is -0.174. The van der Waals surface area contributed by atoms with Gasteiger partial charge in [-0.05, 0) is 24.5 Å². The summed E-state index contributed by atoms with van der Waals surface area (Å²) in [5, 5.41) is 0.745. The summed E-state index contributed by atoms with van der Waals surface area (Å²) >= 11 is 12.0. The molecule has 1 unspecified atom stereocenters. The van der Waals surface area contributed by atoms with Gasteiger partial charge in [0.05, 0.1) is 15.6 Å². The van der Waals surface area contributed by atoms with Gasteiger partial charge in [0.25, 0.3) is 5.91 Å². The lowest BCUT2D eigenvalue weighted by Crippen LogP contribution is -2.34. The maximum absolute atomic E-state index is 12.3. The Bertz CT molecular complexity index is 429. The molecule has 0 fully saturated rings. The number of amides is 1. The molecule has 106 valence electrons. The predicted molar refractivity (Wildman–Crippen MR) is 80.9 cm³/mol. The first-order chi connectivity index (χ1) is 8.84. The Morgan fingerprint density at radius 2 is 1.84 bits per heavy atom. The van der Waals surface area contributed by atoms with E-state index in [0.717, 1.165) is 6.42 Å². The quantitative estimate of drug-likeness (QED) is 0.905. The summed E-state index contributed by atoms with van der Waals surface area (Å²) in [4.78, 5) is 13.9. The van der Waals surface area contributed by atoms with Crippen molar-refractivity contribution in [1.82, 2.24) is 4.90 Å². The van der Waals surface area contributed by atoms with Gasteiger partial charge in [-0.25, -0.2) is 0 Å². The van der Waals surface area contributed by atoms with E-state index in [4.69, 9.17) is 28.9 Å². The van der Waals surface area contributed by atoms with Crippen LogP contribution in [0.15, 0.2) is 18.2 Å². The molecule has 0 saturated carbocycles. The van der Waals surface area contributed by atoms with E-state index < -0.39 is 0 Å². The van der Waals surface area contributed by atoms with E-state index in [2.05, 4.69) is 13.8 Å². The zero-order chi connectivity index (χ0) is 14.6. The van der Waals surface area contributed by atoms with Gasteiger partial charge in [0.1, 0.15) is 0 Å². The third-order valence-electron chi connectivity index (χ3n) is 3.18. The summed E-state index contributed by atoms with van der Waals surface area (Å²) in [6.07, 6.45) is 0.752. The molecule has 0 aliphatic carbocycles. The van der Waals surface area contributed by atoms with E-state index in [1.54, 1.807) is 30.1 Å². The Morgan fingerprint density at radius 3 is 2.32 bits per heavy atom. The highest BCUT2D eigenvalue weighted by Crippen LogP contribution is 2.25. The lowest BCUT2D eigenvalue weighted by molar-refractivity contribution is 0.0789. The second-order valence-electron chi connectivity index (χ2n) is 5.02. The fourth-order valence-corrected chi connectivity index (χ4v) is 2.23. The number of carbonyl (C=O) groups excluding carboxylic acids is 1. The molecule has 1 aromatic rings. The van der Waals surface area contributed by atoms with Crippen molar-refractivity contribution in [3.05, 3.63) is 33.8 Å². The summed E-state index contributed by atoms with van der Waals surface area (Å²) in [5.74, 6) is 0.221. The van der Waals surface area contributed by atoms with E-state index in [9.17, 15) is 4.79 Å². The standard InChI is InChI=1S/C14H20Cl2N2O/c1-9(2)12(17)7-8-18(3)14(19)13-10(15)5-4-6-11(13)16/h4-6,9,12H,7-8,17H2,1-3H3. The zero-order valence-corrected chi connectivity index (χ0v) is 13.0. The van der Waals surface area contributed by atoms with Crippen molar-refractivity contribution in [3.63, 3.8) is 0 Å². The van der Waals surface area contributed by atoms with Crippen LogP contribution in [0.25, 0.3) is 0 Å². The average molecular weight is 303 g/mol. The van der Waals surface area contributed by atoms with Crippen LogP contribution in [0.3, 0.4) is 0 Å². The fourth-order valence-electron chi connectivity index (χ4n) is 1.67. The number of benzene rings is 1. The van der Waals surface area contributed by atoms with Crippen molar-refractivity contribution in [1.29, 1.82) is 0 Å². The third-order valence-corrected chi connectivity index (χ3v) is 3.81. The summed E-state index contributed by atoms with van der Waals surface area (Å²) in [6, 6.07) is 5.12. The zero-order valence-electron chi connectivity index (χ0n) is 11.5. The van der Waals surface area contributed by atoms with E-state index in [0.29, 0.717) is 28.1 Å². The van der Waals surface area contributed by atoms with Crippen LogP contribution < -0.4 is 5.73 Å². The second kappa shape index (κ2) is 7.13. The van der Waals surface area contributed by atoms with Crippen LogP contribution >= 0.6 is 23.2 Å². The van der Waals surface area contributed by atoms with E-state index in [1.807, 2.05) is 0 Å². The molecular weight excluding hydrogens is 283 g/mol. The highest BCUT2D eigenvalue weighted by Gasteiger charge is 2.19. The molecule has 1 aromatic carbocycles. The van der Waals surface area contributed by atoms with E-state index in [-0.39, 0.29) is 11.9 Å². The van der Waals surface area contributed by atoms with Crippen molar-refractivity contribution in [2.24, 2.45) is 11.7 Å². The largest absolute Gasteiger partial charge is 0.342 e. The number of hydrogen-bond acceptors (Lipinski definition) is 2. The Morgan fingerprint density at radius 1 is 1.32 bits per heavy atom. The minimum Gasteiger partial charge on any atom is -0.342 e. The monoisotopic (exact) mass is 302 g/mol. The van der Waals surface area contributed by atoms with Gasteiger partial charge >= 0.3 is 0 Å². The molecular formula is C14H20Cl2N2O. The summed E-state index contributed by atoms with van der Waals surface area (Å²) in [6.45, 7) is 4.72. The van der Waals surface area contributed by atoms with E-state index in [1.165, 1.54) is 0 Å². The van der Waals surface area contributed by atoms with Crippen LogP contribution in [-0.4, -0.2) is 30.4 Å². The van der Waals surface area contributed by atoms with Gasteiger partial charge < -0.3 is 10.6 Å². The molecule has 5 heteroatoms. The fraction of sp³-hybridized carbons (Fsp3) is 0.500. The topological polar surface area (TPSA) is 46.3 Å². The molecule has 0 aliphatic rings. The van der Waals surface area contributed by atoms with Gasteiger partial charge in [0.15, 0.2) is 0 Å². The molecule has 1 amide bonds. The van der Waals surface area contributed by atoms with E-state index >= 15 is 0 Å². The van der Waals surface area contributed by atoms with Crippen molar-refractivity contribution < 1.29 is 4.79 Å². The SMILES string of the molecule is CC(C)C(N)CCN(C)C(=O)c1c(Cl)cccc1Cl.